The first kappa shape index (κ1) is 14.8. The average Bonchev–Trinajstić information content (AvgIpc) is 2.28. The molecule has 17 heavy (non-hydrogen) atoms. The quantitative estimate of drug-likeness (QED) is 0.637. The number of alkyl halides is 1. The minimum atomic E-state index is -0.0413. The summed E-state index contributed by atoms with van der Waals surface area (Å²) in [6, 6.07) is 5.60. The molecule has 0 spiro atoms. The van der Waals surface area contributed by atoms with E-state index in [1.165, 1.54) is 0 Å². The summed E-state index contributed by atoms with van der Waals surface area (Å²) in [5.74, 6) is 0.385. The number of halogens is 2. The summed E-state index contributed by atoms with van der Waals surface area (Å²) in [4.78, 5) is 12.1. The van der Waals surface area contributed by atoms with Gasteiger partial charge < -0.3 is 5.32 Å². The molecule has 0 fully saturated rings. The van der Waals surface area contributed by atoms with Crippen LogP contribution in [0.15, 0.2) is 18.2 Å². The Labute approximate surface area is 121 Å². The van der Waals surface area contributed by atoms with Crippen LogP contribution in [0.4, 0.5) is 0 Å². The Bertz CT molecular complexity index is 406. The van der Waals surface area contributed by atoms with Gasteiger partial charge in [0.15, 0.2) is 0 Å². The average molecular weight is 366 g/mol. The van der Waals surface area contributed by atoms with Gasteiger partial charge in [0.25, 0.3) is 5.91 Å². The molecule has 1 rings (SSSR count). The molecular formula is C13H17ClINO. The third-order valence-corrected chi connectivity index (χ3v) is 4.16. The molecule has 0 bridgehead atoms. The predicted octanol–water partition coefficient (Wildman–Crippen LogP) is 3.84. The van der Waals surface area contributed by atoms with Crippen molar-refractivity contribution >= 4 is 40.1 Å². The zero-order valence-electron chi connectivity index (χ0n) is 10.3. The number of benzene rings is 1. The lowest BCUT2D eigenvalue weighted by Crippen LogP contribution is -2.40. The second-order valence-electron chi connectivity index (χ2n) is 4.39. The smallest absolute Gasteiger partial charge is 0.251 e. The number of nitrogens with one attached hydrogen (secondary N) is 1. The Morgan fingerprint density at radius 3 is 2.65 bits per heavy atom. The van der Waals surface area contributed by atoms with E-state index in [2.05, 4.69) is 41.8 Å². The SMILES string of the molecule is Cc1c(Cl)cccc1C(=O)NC(CI)C(C)C. The van der Waals surface area contributed by atoms with E-state index in [0.29, 0.717) is 16.5 Å². The Balaban J connectivity index is 2.86. The molecule has 0 saturated heterocycles. The number of rotatable bonds is 4. The first-order chi connectivity index (χ1) is 7.97. The number of carbonyl (C=O) groups is 1. The number of carbonyl (C=O) groups excluding carboxylic acids is 1. The van der Waals surface area contributed by atoms with Crippen LogP contribution in [0.25, 0.3) is 0 Å². The van der Waals surface area contributed by atoms with Crippen molar-refractivity contribution in [2.24, 2.45) is 5.92 Å². The molecule has 4 heteroatoms. The molecule has 0 saturated carbocycles. The van der Waals surface area contributed by atoms with E-state index >= 15 is 0 Å². The van der Waals surface area contributed by atoms with Crippen molar-refractivity contribution in [3.8, 4) is 0 Å². The lowest BCUT2D eigenvalue weighted by Gasteiger charge is -2.20. The Kier molecular flexibility index (Phi) is 5.73. The van der Waals surface area contributed by atoms with Crippen molar-refractivity contribution in [1.29, 1.82) is 0 Å². The van der Waals surface area contributed by atoms with Crippen molar-refractivity contribution in [2.45, 2.75) is 26.8 Å². The fourth-order valence-corrected chi connectivity index (χ4v) is 2.89. The molecule has 1 aromatic carbocycles. The van der Waals surface area contributed by atoms with E-state index in [1.807, 2.05) is 6.92 Å². The lowest BCUT2D eigenvalue weighted by atomic mass is 10.0. The van der Waals surface area contributed by atoms with Gasteiger partial charge in [-0.1, -0.05) is 54.1 Å². The van der Waals surface area contributed by atoms with Gasteiger partial charge in [-0.05, 0) is 30.5 Å². The van der Waals surface area contributed by atoms with Crippen LogP contribution in [0, 0.1) is 12.8 Å². The maximum Gasteiger partial charge on any atom is 0.251 e. The maximum atomic E-state index is 12.1. The molecule has 1 unspecified atom stereocenters. The summed E-state index contributed by atoms with van der Waals surface area (Å²) in [7, 11) is 0. The molecule has 0 aliphatic rings. The van der Waals surface area contributed by atoms with Crippen LogP contribution in [0.5, 0.6) is 0 Å². The van der Waals surface area contributed by atoms with Gasteiger partial charge in [-0.3, -0.25) is 4.79 Å². The second kappa shape index (κ2) is 6.59. The topological polar surface area (TPSA) is 29.1 Å². The standard InChI is InChI=1S/C13H17ClINO/c1-8(2)12(7-15)16-13(17)10-5-4-6-11(14)9(10)3/h4-6,8,12H,7H2,1-3H3,(H,16,17). The molecule has 0 radical (unpaired) electrons. The molecule has 0 aromatic heterocycles. The van der Waals surface area contributed by atoms with Crippen molar-refractivity contribution in [1.82, 2.24) is 5.32 Å². The van der Waals surface area contributed by atoms with Crippen LogP contribution >= 0.6 is 34.2 Å². The van der Waals surface area contributed by atoms with Crippen LogP contribution in [0.2, 0.25) is 5.02 Å². The van der Waals surface area contributed by atoms with Crippen molar-refractivity contribution in [3.05, 3.63) is 34.3 Å². The van der Waals surface area contributed by atoms with E-state index < -0.39 is 0 Å². The zero-order chi connectivity index (χ0) is 13.0. The summed E-state index contributed by atoms with van der Waals surface area (Å²) < 4.78 is 0.904. The van der Waals surface area contributed by atoms with Gasteiger partial charge in [0.1, 0.15) is 0 Å². The monoisotopic (exact) mass is 365 g/mol. The highest BCUT2D eigenvalue weighted by molar-refractivity contribution is 14.1. The van der Waals surface area contributed by atoms with Gasteiger partial charge in [-0.2, -0.15) is 0 Å². The largest absolute Gasteiger partial charge is 0.348 e. The maximum absolute atomic E-state index is 12.1. The molecule has 1 N–H and O–H groups in total. The first-order valence-corrected chi connectivity index (χ1v) is 7.49. The Morgan fingerprint density at radius 2 is 2.12 bits per heavy atom. The van der Waals surface area contributed by atoms with Crippen molar-refractivity contribution < 1.29 is 4.79 Å². The first-order valence-electron chi connectivity index (χ1n) is 5.59. The highest BCUT2D eigenvalue weighted by Crippen LogP contribution is 2.19. The fraction of sp³-hybridized carbons (Fsp3) is 0.462. The Hall–Kier alpha value is -0.290. The van der Waals surface area contributed by atoms with Gasteiger partial charge in [0.2, 0.25) is 0 Å². The number of amides is 1. The number of hydrogen-bond donors (Lipinski definition) is 1. The van der Waals surface area contributed by atoms with Crippen LogP contribution in [0.3, 0.4) is 0 Å². The second-order valence-corrected chi connectivity index (χ2v) is 5.68. The minimum absolute atomic E-state index is 0.0413. The molecular weight excluding hydrogens is 349 g/mol. The van der Waals surface area contributed by atoms with Gasteiger partial charge in [-0.15, -0.1) is 0 Å². The van der Waals surface area contributed by atoms with Gasteiger partial charge in [0.05, 0.1) is 0 Å². The lowest BCUT2D eigenvalue weighted by molar-refractivity contribution is 0.0931. The van der Waals surface area contributed by atoms with Crippen LogP contribution in [-0.2, 0) is 0 Å². The minimum Gasteiger partial charge on any atom is -0.348 e. The molecule has 94 valence electrons. The molecule has 2 nitrogen and oxygen atoms in total. The third-order valence-electron chi connectivity index (χ3n) is 2.80. The van der Waals surface area contributed by atoms with Crippen LogP contribution in [0.1, 0.15) is 29.8 Å². The van der Waals surface area contributed by atoms with Gasteiger partial charge >= 0.3 is 0 Å². The van der Waals surface area contributed by atoms with Gasteiger partial charge in [-0.25, -0.2) is 0 Å². The third kappa shape index (κ3) is 3.85. The number of hydrogen-bond acceptors (Lipinski definition) is 1. The normalized spacial score (nSPS) is 12.6. The van der Waals surface area contributed by atoms with E-state index in [4.69, 9.17) is 11.6 Å². The van der Waals surface area contributed by atoms with Crippen LogP contribution in [-0.4, -0.2) is 16.4 Å². The molecule has 0 heterocycles. The molecule has 1 amide bonds. The summed E-state index contributed by atoms with van der Waals surface area (Å²) in [5.41, 5.74) is 1.50. The summed E-state index contributed by atoms with van der Waals surface area (Å²) in [6.07, 6.45) is 0. The Morgan fingerprint density at radius 1 is 1.47 bits per heavy atom. The van der Waals surface area contributed by atoms with Crippen LogP contribution < -0.4 is 5.32 Å². The van der Waals surface area contributed by atoms with Gasteiger partial charge in [0, 0.05) is 21.1 Å². The highest BCUT2D eigenvalue weighted by Gasteiger charge is 2.17. The molecule has 1 aromatic rings. The summed E-state index contributed by atoms with van der Waals surface area (Å²) in [5, 5.41) is 3.68. The summed E-state index contributed by atoms with van der Waals surface area (Å²) in [6.45, 7) is 6.08. The zero-order valence-corrected chi connectivity index (χ0v) is 13.2. The van der Waals surface area contributed by atoms with E-state index in [1.54, 1.807) is 18.2 Å². The predicted molar refractivity (Wildman–Crippen MR) is 81.2 cm³/mol. The fourth-order valence-electron chi connectivity index (χ4n) is 1.48. The van der Waals surface area contributed by atoms with E-state index in [-0.39, 0.29) is 11.9 Å². The van der Waals surface area contributed by atoms with Crippen molar-refractivity contribution in [3.63, 3.8) is 0 Å². The molecule has 0 aliphatic heterocycles. The summed E-state index contributed by atoms with van der Waals surface area (Å²) >= 11 is 8.30. The van der Waals surface area contributed by atoms with Crippen molar-refractivity contribution in [2.75, 3.05) is 4.43 Å². The molecule has 1 atom stereocenters. The highest BCUT2D eigenvalue weighted by atomic mass is 127. The molecule has 0 aliphatic carbocycles. The van der Waals surface area contributed by atoms with E-state index in [9.17, 15) is 4.79 Å². The van der Waals surface area contributed by atoms with E-state index in [0.717, 1.165) is 9.99 Å².